The summed E-state index contributed by atoms with van der Waals surface area (Å²) in [5.74, 6) is -0.0863. The molecule has 2 fully saturated rings. The van der Waals surface area contributed by atoms with E-state index < -0.39 is 5.92 Å². The largest absolute Gasteiger partial charge is 0.336 e. The van der Waals surface area contributed by atoms with Crippen LogP contribution in [0, 0.1) is 11.8 Å². The molecule has 1 aliphatic carbocycles. The van der Waals surface area contributed by atoms with Gasteiger partial charge in [0, 0.05) is 39.0 Å². The van der Waals surface area contributed by atoms with Gasteiger partial charge in [-0.05, 0) is 57.5 Å². The molecule has 2 atom stereocenters. The fourth-order valence-electron chi connectivity index (χ4n) is 4.46. The van der Waals surface area contributed by atoms with Gasteiger partial charge in [-0.3, -0.25) is 14.5 Å². The molecule has 7 nitrogen and oxygen atoms in total. The Kier molecular flexibility index (Phi) is 10.6. The predicted octanol–water partition coefficient (Wildman–Crippen LogP) is 2.53. The number of hydrogen-bond acceptors (Lipinski definition) is 5. The lowest BCUT2D eigenvalue weighted by molar-refractivity contribution is -0.133. The fourth-order valence-corrected chi connectivity index (χ4v) is 4.46. The zero-order valence-electron chi connectivity index (χ0n) is 18.2. The van der Waals surface area contributed by atoms with Crippen LogP contribution in [0.5, 0.6) is 0 Å². The van der Waals surface area contributed by atoms with Crippen LogP contribution in [0.4, 0.5) is 4.79 Å². The number of nitrogens with zero attached hydrogens (tertiary/aromatic N) is 2. The van der Waals surface area contributed by atoms with E-state index in [-0.39, 0.29) is 30.2 Å². The van der Waals surface area contributed by atoms with E-state index in [0.29, 0.717) is 32.4 Å². The number of carbonyl (C=O) groups is 3. The smallest absolute Gasteiger partial charge is 0.324 e. The number of likely N-dealkylation sites (tertiary alicyclic amines) is 1. The Hall–Kier alpha value is -1.47. The van der Waals surface area contributed by atoms with Gasteiger partial charge in [0.25, 0.3) is 0 Å². The molecular formula is C22H40N4O3. The molecule has 3 N–H and O–H groups in total. The predicted molar refractivity (Wildman–Crippen MR) is 114 cm³/mol. The van der Waals surface area contributed by atoms with E-state index >= 15 is 0 Å². The van der Waals surface area contributed by atoms with E-state index in [2.05, 4.69) is 10.2 Å². The van der Waals surface area contributed by atoms with Crippen molar-refractivity contribution in [2.45, 2.75) is 71.1 Å². The number of carbonyl (C=O) groups excluding carboxylic acids is 3. The summed E-state index contributed by atoms with van der Waals surface area (Å²) in [6, 6.07) is -0.307. The molecule has 0 spiro atoms. The highest BCUT2D eigenvalue weighted by molar-refractivity contribution is 5.95. The second-order valence-corrected chi connectivity index (χ2v) is 8.65. The summed E-state index contributed by atoms with van der Waals surface area (Å²) >= 11 is 0. The molecule has 1 saturated carbocycles. The minimum absolute atomic E-state index is 0.186. The van der Waals surface area contributed by atoms with Gasteiger partial charge >= 0.3 is 6.03 Å². The Balaban J connectivity index is 1.89. The van der Waals surface area contributed by atoms with E-state index in [0.717, 1.165) is 45.3 Å². The maximum absolute atomic E-state index is 13.1. The number of piperidine rings is 1. The first kappa shape index (κ1) is 23.8. The second kappa shape index (κ2) is 13.0. The lowest BCUT2D eigenvalue weighted by Crippen LogP contribution is -2.50. The molecule has 0 radical (unpaired) electrons. The Morgan fingerprint density at radius 3 is 2.66 bits per heavy atom. The SMILES string of the molecule is CCCCN(C(=O)NCCN1CCCCC1)C(=O)[C@@H](CN)CC1CCCC(=O)C1. The van der Waals surface area contributed by atoms with Crippen molar-refractivity contribution in [2.24, 2.45) is 17.6 Å². The summed E-state index contributed by atoms with van der Waals surface area (Å²) in [5.41, 5.74) is 5.92. The van der Waals surface area contributed by atoms with Gasteiger partial charge in [-0.25, -0.2) is 4.79 Å². The van der Waals surface area contributed by atoms with Crippen molar-refractivity contribution in [3.63, 3.8) is 0 Å². The van der Waals surface area contributed by atoms with Crippen molar-refractivity contribution in [3.8, 4) is 0 Å². The number of nitrogens with two attached hydrogens (primary N) is 1. The zero-order chi connectivity index (χ0) is 21.1. The standard InChI is InChI=1S/C22H40N4O3/c1-2-3-13-26(22(29)24-10-14-25-11-5-4-6-12-25)21(28)19(17-23)15-18-8-7-9-20(27)16-18/h18-19H,2-17,23H2,1H3,(H,24,29)/t18?,19-/m1/s1. The third-order valence-corrected chi connectivity index (χ3v) is 6.24. The number of urea groups is 1. The summed E-state index contributed by atoms with van der Waals surface area (Å²) in [5, 5.41) is 2.94. The van der Waals surface area contributed by atoms with E-state index in [4.69, 9.17) is 5.73 Å². The quantitative estimate of drug-likeness (QED) is 0.579. The zero-order valence-corrected chi connectivity index (χ0v) is 18.2. The topological polar surface area (TPSA) is 95.7 Å². The number of unbranched alkanes of at least 4 members (excludes halogenated alkanes) is 1. The number of ketones is 1. The molecule has 29 heavy (non-hydrogen) atoms. The van der Waals surface area contributed by atoms with Crippen LogP contribution in [0.2, 0.25) is 0 Å². The lowest BCUT2D eigenvalue weighted by atomic mass is 9.81. The molecule has 1 aliphatic heterocycles. The van der Waals surface area contributed by atoms with Gasteiger partial charge in [0.05, 0.1) is 5.92 Å². The molecule has 1 unspecified atom stereocenters. The van der Waals surface area contributed by atoms with Crippen molar-refractivity contribution < 1.29 is 14.4 Å². The Morgan fingerprint density at radius 2 is 2.00 bits per heavy atom. The molecular weight excluding hydrogens is 368 g/mol. The Labute approximate surface area is 175 Å². The van der Waals surface area contributed by atoms with Crippen LogP contribution < -0.4 is 11.1 Å². The fraction of sp³-hybridized carbons (Fsp3) is 0.864. The Bertz CT molecular complexity index is 534. The maximum Gasteiger partial charge on any atom is 0.324 e. The van der Waals surface area contributed by atoms with Crippen molar-refractivity contribution >= 4 is 17.7 Å². The molecule has 0 aromatic rings. The van der Waals surface area contributed by atoms with Crippen LogP contribution in [0.15, 0.2) is 0 Å². The minimum Gasteiger partial charge on any atom is -0.336 e. The molecule has 2 aliphatic rings. The average molecular weight is 409 g/mol. The van der Waals surface area contributed by atoms with Gasteiger partial charge in [-0.2, -0.15) is 0 Å². The molecule has 0 aromatic heterocycles. The number of imide groups is 1. The average Bonchev–Trinajstić information content (AvgIpc) is 2.73. The number of amides is 3. The van der Waals surface area contributed by atoms with Gasteiger partial charge in [0.1, 0.15) is 5.78 Å². The summed E-state index contributed by atoms with van der Waals surface area (Å²) in [7, 11) is 0. The van der Waals surface area contributed by atoms with E-state index in [1.807, 2.05) is 6.92 Å². The van der Waals surface area contributed by atoms with Crippen molar-refractivity contribution in [3.05, 3.63) is 0 Å². The molecule has 7 heteroatoms. The highest BCUT2D eigenvalue weighted by Crippen LogP contribution is 2.28. The van der Waals surface area contributed by atoms with Crippen molar-refractivity contribution in [1.29, 1.82) is 0 Å². The first-order chi connectivity index (χ1) is 14.0. The summed E-state index contributed by atoms with van der Waals surface area (Å²) in [6.07, 6.45) is 9.08. The summed E-state index contributed by atoms with van der Waals surface area (Å²) in [6.45, 7) is 6.24. The van der Waals surface area contributed by atoms with Crippen LogP contribution >= 0.6 is 0 Å². The monoisotopic (exact) mass is 408 g/mol. The molecule has 1 saturated heterocycles. The van der Waals surface area contributed by atoms with Crippen LogP contribution in [0.25, 0.3) is 0 Å². The van der Waals surface area contributed by atoms with E-state index in [9.17, 15) is 14.4 Å². The third-order valence-electron chi connectivity index (χ3n) is 6.24. The second-order valence-electron chi connectivity index (χ2n) is 8.65. The highest BCUT2D eigenvalue weighted by atomic mass is 16.2. The number of nitrogens with one attached hydrogen (secondary N) is 1. The number of Topliss-reactive ketones (excluding diaryl/α,β-unsaturated/α-hetero) is 1. The molecule has 0 bridgehead atoms. The van der Waals surface area contributed by atoms with E-state index in [1.165, 1.54) is 24.2 Å². The third kappa shape index (κ3) is 8.05. The normalized spacial score (nSPS) is 21.6. The molecule has 3 amide bonds. The molecule has 2 rings (SSSR count). The highest BCUT2D eigenvalue weighted by Gasteiger charge is 2.31. The number of rotatable bonds is 10. The van der Waals surface area contributed by atoms with Crippen molar-refractivity contribution in [2.75, 3.05) is 39.3 Å². The van der Waals surface area contributed by atoms with Gasteiger partial charge in [-0.1, -0.05) is 19.8 Å². The first-order valence-corrected chi connectivity index (χ1v) is 11.6. The van der Waals surface area contributed by atoms with Crippen molar-refractivity contribution in [1.82, 2.24) is 15.1 Å². The van der Waals surface area contributed by atoms with E-state index in [1.54, 1.807) is 0 Å². The lowest BCUT2D eigenvalue weighted by Gasteiger charge is -2.30. The number of hydrogen-bond donors (Lipinski definition) is 2. The molecule has 1 heterocycles. The Morgan fingerprint density at radius 1 is 1.24 bits per heavy atom. The minimum atomic E-state index is -0.393. The van der Waals surface area contributed by atoms with Gasteiger partial charge in [0.15, 0.2) is 0 Å². The first-order valence-electron chi connectivity index (χ1n) is 11.6. The molecule has 0 aromatic carbocycles. The van der Waals surface area contributed by atoms with Crippen LogP contribution in [-0.4, -0.2) is 66.8 Å². The van der Waals surface area contributed by atoms with Gasteiger partial charge in [-0.15, -0.1) is 0 Å². The van der Waals surface area contributed by atoms with Crippen LogP contribution in [0.3, 0.4) is 0 Å². The summed E-state index contributed by atoms with van der Waals surface area (Å²) < 4.78 is 0. The molecule has 166 valence electrons. The van der Waals surface area contributed by atoms with Gasteiger partial charge in [0.2, 0.25) is 5.91 Å². The summed E-state index contributed by atoms with van der Waals surface area (Å²) in [4.78, 5) is 41.4. The maximum atomic E-state index is 13.1. The van der Waals surface area contributed by atoms with Gasteiger partial charge < -0.3 is 16.0 Å². The van der Waals surface area contributed by atoms with Crippen LogP contribution in [-0.2, 0) is 9.59 Å². The van der Waals surface area contributed by atoms with Crippen LogP contribution in [0.1, 0.15) is 71.1 Å².